The van der Waals surface area contributed by atoms with E-state index in [0.717, 1.165) is 48.9 Å². The summed E-state index contributed by atoms with van der Waals surface area (Å²) >= 11 is 0. The van der Waals surface area contributed by atoms with E-state index in [-0.39, 0.29) is 23.8 Å². The highest BCUT2D eigenvalue weighted by Crippen LogP contribution is 2.42. The van der Waals surface area contributed by atoms with E-state index in [4.69, 9.17) is 9.47 Å². The van der Waals surface area contributed by atoms with Gasteiger partial charge in [-0.1, -0.05) is 25.0 Å². The molecule has 2 heterocycles. The van der Waals surface area contributed by atoms with Crippen LogP contribution in [0.3, 0.4) is 0 Å². The third kappa shape index (κ3) is 4.94. The molecule has 1 saturated carbocycles. The molecular weight excluding hydrogens is 454 g/mol. The van der Waals surface area contributed by atoms with Crippen molar-refractivity contribution < 1.29 is 19.1 Å². The summed E-state index contributed by atoms with van der Waals surface area (Å²) in [6.07, 6.45) is 6.14. The first-order valence-corrected chi connectivity index (χ1v) is 13.2. The van der Waals surface area contributed by atoms with Crippen LogP contribution in [0.1, 0.15) is 50.1 Å². The zero-order valence-electron chi connectivity index (χ0n) is 21.4. The lowest BCUT2D eigenvalue weighted by atomic mass is 9.82. The lowest BCUT2D eigenvalue weighted by molar-refractivity contribution is -0.140. The van der Waals surface area contributed by atoms with Gasteiger partial charge in [-0.05, 0) is 61.2 Å². The SMILES string of the molecule is COc1ccc(C2C(C(=O)N3CCN(C4CCCC4)CC3)CCC(=O)N2c2ccc(OC)cc2)cc1. The van der Waals surface area contributed by atoms with Gasteiger partial charge in [-0.2, -0.15) is 0 Å². The van der Waals surface area contributed by atoms with Crippen molar-refractivity contribution in [2.75, 3.05) is 45.3 Å². The fourth-order valence-electron chi connectivity index (χ4n) is 6.19. The van der Waals surface area contributed by atoms with Crippen molar-refractivity contribution in [3.05, 3.63) is 54.1 Å². The Bertz CT molecular complexity index is 1040. The predicted octanol–water partition coefficient (Wildman–Crippen LogP) is 4.27. The van der Waals surface area contributed by atoms with E-state index < -0.39 is 0 Å². The topological polar surface area (TPSA) is 62.3 Å². The maximum Gasteiger partial charge on any atom is 0.228 e. The molecule has 2 aromatic carbocycles. The molecule has 3 fully saturated rings. The van der Waals surface area contributed by atoms with Crippen LogP contribution < -0.4 is 14.4 Å². The molecule has 192 valence electrons. The highest BCUT2D eigenvalue weighted by Gasteiger charge is 2.43. The minimum Gasteiger partial charge on any atom is -0.497 e. The smallest absolute Gasteiger partial charge is 0.228 e. The van der Waals surface area contributed by atoms with Crippen molar-refractivity contribution >= 4 is 17.5 Å². The number of ether oxygens (including phenoxy) is 2. The number of piperazine rings is 1. The average Bonchev–Trinajstić information content (AvgIpc) is 3.48. The number of amides is 2. The first-order valence-electron chi connectivity index (χ1n) is 13.2. The number of carbonyl (C=O) groups is 2. The minimum atomic E-state index is -0.370. The van der Waals surface area contributed by atoms with Gasteiger partial charge in [0.2, 0.25) is 11.8 Å². The highest BCUT2D eigenvalue weighted by atomic mass is 16.5. The normalized spacial score (nSPS) is 23.7. The fraction of sp³-hybridized carbons (Fsp3) is 0.517. The van der Waals surface area contributed by atoms with E-state index >= 15 is 0 Å². The second-order valence-corrected chi connectivity index (χ2v) is 10.1. The van der Waals surface area contributed by atoms with Gasteiger partial charge in [-0.3, -0.25) is 14.5 Å². The van der Waals surface area contributed by atoms with Crippen molar-refractivity contribution in [1.82, 2.24) is 9.80 Å². The van der Waals surface area contributed by atoms with Crippen molar-refractivity contribution in [2.24, 2.45) is 5.92 Å². The van der Waals surface area contributed by atoms with Gasteiger partial charge in [0.05, 0.1) is 26.2 Å². The molecule has 1 aliphatic carbocycles. The molecule has 0 N–H and O–H groups in total. The van der Waals surface area contributed by atoms with E-state index in [0.29, 0.717) is 18.9 Å². The molecule has 2 aromatic rings. The Kier molecular flexibility index (Phi) is 7.46. The molecule has 7 nitrogen and oxygen atoms in total. The van der Waals surface area contributed by atoms with Gasteiger partial charge in [0.25, 0.3) is 0 Å². The van der Waals surface area contributed by atoms with Crippen LogP contribution in [0.2, 0.25) is 0 Å². The second kappa shape index (κ2) is 10.9. The van der Waals surface area contributed by atoms with E-state index in [1.807, 2.05) is 58.3 Å². The lowest BCUT2D eigenvalue weighted by Crippen LogP contribution is -2.55. The number of hydrogen-bond acceptors (Lipinski definition) is 5. The van der Waals surface area contributed by atoms with Crippen molar-refractivity contribution in [1.29, 1.82) is 0 Å². The summed E-state index contributed by atoms with van der Waals surface area (Å²) in [6, 6.07) is 15.6. The molecule has 2 saturated heterocycles. The van der Waals surface area contributed by atoms with E-state index in [1.54, 1.807) is 14.2 Å². The molecule has 2 aliphatic heterocycles. The Hall–Kier alpha value is -3.06. The van der Waals surface area contributed by atoms with Crippen molar-refractivity contribution in [2.45, 2.75) is 50.6 Å². The summed E-state index contributed by atoms with van der Waals surface area (Å²) < 4.78 is 10.7. The molecule has 0 radical (unpaired) electrons. The first kappa shape index (κ1) is 24.6. The molecule has 2 atom stereocenters. The number of piperidine rings is 1. The summed E-state index contributed by atoms with van der Waals surface area (Å²) in [6.45, 7) is 3.41. The maximum atomic E-state index is 14.0. The first-order chi connectivity index (χ1) is 17.6. The maximum absolute atomic E-state index is 14.0. The Labute approximate surface area is 214 Å². The molecule has 5 rings (SSSR count). The quantitative estimate of drug-likeness (QED) is 0.604. The van der Waals surface area contributed by atoms with Crippen LogP contribution in [-0.4, -0.2) is 68.1 Å². The van der Waals surface area contributed by atoms with Crippen LogP contribution in [0.5, 0.6) is 11.5 Å². The molecule has 2 amide bonds. The summed E-state index contributed by atoms with van der Waals surface area (Å²) in [4.78, 5) is 33.8. The van der Waals surface area contributed by atoms with Crippen LogP contribution in [0, 0.1) is 5.92 Å². The molecule has 0 bridgehead atoms. The Balaban J connectivity index is 1.42. The van der Waals surface area contributed by atoms with Crippen LogP contribution >= 0.6 is 0 Å². The molecule has 7 heteroatoms. The van der Waals surface area contributed by atoms with Gasteiger partial charge in [0.15, 0.2) is 0 Å². The zero-order valence-corrected chi connectivity index (χ0v) is 21.4. The number of rotatable bonds is 6. The number of nitrogens with zero attached hydrogens (tertiary/aromatic N) is 3. The summed E-state index contributed by atoms with van der Waals surface area (Å²) in [5.74, 6) is 1.39. The summed E-state index contributed by atoms with van der Waals surface area (Å²) in [5.41, 5.74) is 1.73. The monoisotopic (exact) mass is 491 g/mol. The summed E-state index contributed by atoms with van der Waals surface area (Å²) in [7, 11) is 3.27. The Morgan fingerprint density at radius 2 is 1.39 bits per heavy atom. The van der Waals surface area contributed by atoms with Gasteiger partial charge < -0.3 is 19.3 Å². The Morgan fingerprint density at radius 3 is 1.97 bits per heavy atom. The highest BCUT2D eigenvalue weighted by molar-refractivity contribution is 5.97. The molecule has 0 aromatic heterocycles. The number of methoxy groups -OCH3 is 2. The predicted molar refractivity (Wildman–Crippen MR) is 139 cm³/mol. The van der Waals surface area contributed by atoms with Gasteiger partial charge in [-0.25, -0.2) is 0 Å². The molecule has 3 aliphatic rings. The molecule has 36 heavy (non-hydrogen) atoms. The van der Waals surface area contributed by atoms with Crippen LogP contribution in [0.4, 0.5) is 5.69 Å². The number of benzene rings is 2. The van der Waals surface area contributed by atoms with Crippen LogP contribution in [-0.2, 0) is 9.59 Å². The van der Waals surface area contributed by atoms with Crippen LogP contribution in [0.15, 0.2) is 48.5 Å². The van der Waals surface area contributed by atoms with Gasteiger partial charge in [-0.15, -0.1) is 0 Å². The lowest BCUT2D eigenvalue weighted by Gasteiger charge is -2.44. The van der Waals surface area contributed by atoms with Crippen LogP contribution in [0.25, 0.3) is 0 Å². The number of hydrogen-bond donors (Lipinski definition) is 0. The van der Waals surface area contributed by atoms with Gasteiger partial charge in [0.1, 0.15) is 11.5 Å². The van der Waals surface area contributed by atoms with Crippen molar-refractivity contribution in [3.8, 4) is 11.5 Å². The number of carbonyl (C=O) groups excluding carboxylic acids is 2. The largest absolute Gasteiger partial charge is 0.497 e. The fourth-order valence-corrected chi connectivity index (χ4v) is 6.19. The molecule has 2 unspecified atom stereocenters. The zero-order chi connectivity index (χ0) is 25.1. The average molecular weight is 492 g/mol. The third-order valence-corrected chi connectivity index (χ3v) is 8.19. The third-order valence-electron chi connectivity index (χ3n) is 8.19. The number of anilines is 1. The van der Waals surface area contributed by atoms with E-state index in [1.165, 1.54) is 25.7 Å². The van der Waals surface area contributed by atoms with Gasteiger partial charge in [0, 0.05) is 44.3 Å². The second-order valence-electron chi connectivity index (χ2n) is 10.1. The Morgan fingerprint density at radius 1 is 0.806 bits per heavy atom. The van der Waals surface area contributed by atoms with E-state index in [9.17, 15) is 9.59 Å². The minimum absolute atomic E-state index is 0.0380. The van der Waals surface area contributed by atoms with Gasteiger partial charge >= 0.3 is 0 Å². The standard InChI is InChI=1S/C29H37N3O4/c1-35-24-11-7-21(8-12-24)28-26(15-16-27(33)32(28)23-9-13-25(36-2)14-10-23)29(34)31-19-17-30(18-20-31)22-5-3-4-6-22/h7-14,22,26,28H,3-6,15-20H2,1-2H3. The van der Waals surface area contributed by atoms with Crippen molar-refractivity contribution in [3.63, 3.8) is 0 Å². The molecular formula is C29H37N3O4. The summed E-state index contributed by atoms with van der Waals surface area (Å²) in [5, 5.41) is 0. The van der Waals surface area contributed by atoms with E-state index in [2.05, 4.69) is 4.90 Å². The molecule has 0 spiro atoms.